The second kappa shape index (κ2) is 6.43. The first-order valence-electron chi connectivity index (χ1n) is 10.5. The van der Waals surface area contributed by atoms with Crippen LogP contribution in [0.2, 0.25) is 0 Å². The third kappa shape index (κ3) is 2.57. The van der Waals surface area contributed by atoms with Gasteiger partial charge >= 0.3 is 0 Å². The SMILES string of the molecule is COCC1(O)C(Cl)=CC[C@H]2[C@@H]3[C@H](C)CC4=CC(=O)CC[C@]4(C)[C@H]3CC[C@@]21C. The molecule has 0 saturated heterocycles. The smallest absolute Gasteiger partial charge is 0.155 e. The van der Waals surface area contributed by atoms with E-state index in [2.05, 4.69) is 20.8 Å². The van der Waals surface area contributed by atoms with Crippen LogP contribution < -0.4 is 0 Å². The van der Waals surface area contributed by atoms with Crippen LogP contribution in [-0.2, 0) is 9.53 Å². The molecule has 0 aromatic heterocycles. The van der Waals surface area contributed by atoms with Gasteiger partial charge in [0.1, 0.15) is 5.60 Å². The zero-order chi connectivity index (χ0) is 19.6. The van der Waals surface area contributed by atoms with Gasteiger partial charge < -0.3 is 9.84 Å². The topological polar surface area (TPSA) is 46.5 Å². The quantitative estimate of drug-likeness (QED) is 0.728. The molecule has 3 nitrogen and oxygen atoms in total. The number of rotatable bonds is 2. The van der Waals surface area contributed by atoms with Gasteiger partial charge in [-0.1, -0.05) is 44.0 Å². The van der Waals surface area contributed by atoms with Gasteiger partial charge in [-0.15, -0.1) is 0 Å². The zero-order valence-corrected chi connectivity index (χ0v) is 17.8. The van der Waals surface area contributed by atoms with Gasteiger partial charge in [0.25, 0.3) is 0 Å². The van der Waals surface area contributed by atoms with E-state index in [1.54, 1.807) is 7.11 Å². The largest absolute Gasteiger partial charge is 0.381 e. The number of methoxy groups -OCH3 is 1. The van der Waals surface area contributed by atoms with Crippen LogP contribution in [-0.4, -0.2) is 30.2 Å². The average Bonchev–Trinajstić information content (AvgIpc) is 2.61. The van der Waals surface area contributed by atoms with E-state index >= 15 is 0 Å². The zero-order valence-electron chi connectivity index (χ0n) is 17.1. The second-order valence-corrected chi connectivity index (χ2v) is 10.5. The molecule has 4 aliphatic rings. The number of aliphatic hydroxyl groups is 1. The number of carbonyl (C=O) groups is 1. The Morgan fingerprint density at radius 2 is 2.04 bits per heavy atom. The van der Waals surface area contributed by atoms with Gasteiger partial charge in [0.05, 0.1) is 6.61 Å². The molecule has 0 amide bonds. The molecule has 0 spiro atoms. The van der Waals surface area contributed by atoms with Gasteiger partial charge in [-0.05, 0) is 67.3 Å². The maximum absolute atomic E-state index is 12.1. The molecule has 0 aliphatic heterocycles. The van der Waals surface area contributed by atoms with E-state index in [1.807, 2.05) is 12.2 Å². The van der Waals surface area contributed by atoms with Crippen LogP contribution in [0, 0.1) is 34.5 Å². The summed E-state index contributed by atoms with van der Waals surface area (Å²) in [6.07, 6.45) is 9.64. The van der Waals surface area contributed by atoms with Crippen LogP contribution in [0.3, 0.4) is 0 Å². The van der Waals surface area contributed by atoms with Gasteiger partial charge in [0.2, 0.25) is 0 Å². The van der Waals surface area contributed by atoms with E-state index in [0.717, 1.165) is 32.1 Å². The molecule has 1 unspecified atom stereocenters. The lowest BCUT2D eigenvalue weighted by atomic mass is 9.41. The highest BCUT2D eigenvalue weighted by Crippen LogP contribution is 2.67. The number of ether oxygens (including phenoxy) is 1. The van der Waals surface area contributed by atoms with Gasteiger partial charge in [0.15, 0.2) is 5.78 Å². The van der Waals surface area contributed by atoms with E-state index in [1.165, 1.54) is 5.57 Å². The summed E-state index contributed by atoms with van der Waals surface area (Å²) in [4.78, 5) is 12.1. The van der Waals surface area contributed by atoms with Crippen molar-refractivity contribution >= 4 is 17.4 Å². The number of ketones is 1. The minimum Gasteiger partial charge on any atom is -0.381 e. The molecule has 0 aromatic carbocycles. The molecule has 2 fully saturated rings. The van der Waals surface area contributed by atoms with Crippen LogP contribution in [0.15, 0.2) is 22.8 Å². The summed E-state index contributed by atoms with van der Waals surface area (Å²) in [7, 11) is 1.64. The third-order valence-electron chi connectivity index (χ3n) is 8.94. The van der Waals surface area contributed by atoms with Crippen molar-refractivity contribution in [2.45, 2.75) is 64.9 Å². The Balaban J connectivity index is 1.76. The van der Waals surface area contributed by atoms with Crippen molar-refractivity contribution in [2.24, 2.45) is 34.5 Å². The fourth-order valence-corrected chi connectivity index (χ4v) is 7.65. The van der Waals surface area contributed by atoms with E-state index in [4.69, 9.17) is 16.3 Å². The summed E-state index contributed by atoms with van der Waals surface area (Å²) in [5, 5.41) is 12.2. The molecule has 2 saturated carbocycles. The number of fused-ring (bicyclic) bond motifs is 5. The van der Waals surface area contributed by atoms with Crippen LogP contribution in [0.4, 0.5) is 0 Å². The Kier molecular flexibility index (Phi) is 4.69. The predicted molar refractivity (Wildman–Crippen MR) is 107 cm³/mol. The molecular weight excluding hydrogens is 360 g/mol. The Morgan fingerprint density at radius 1 is 1.30 bits per heavy atom. The first-order valence-corrected chi connectivity index (χ1v) is 10.9. The fourth-order valence-electron chi connectivity index (χ4n) is 7.29. The second-order valence-electron chi connectivity index (χ2n) is 10.1. The molecular formula is C23H33ClO3. The first kappa shape index (κ1) is 19.7. The number of hydrogen-bond donors (Lipinski definition) is 1. The summed E-state index contributed by atoms with van der Waals surface area (Å²) in [5.41, 5.74) is 0.146. The van der Waals surface area contributed by atoms with E-state index < -0.39 is 5.60 Å². The van der Waals surface area contributed by atoms with Crippen molar-refractivity contribution in [1.82, 2.24) is 0 Å². The molecule has 4 heteroatoms. The standard InChI is InChI=1S/C23H33ClO3/c1-14-11-15-12-16(25)7-9-21(15,2)17-8-10-22(3)18(20(14)17)5-6-19(24)23(22,26)13-27-4/h6,12,14,17-18,20,26H,5,7-11,13H2,1-4H3/t14-,17+,18+,20-,21+,22+,23?/m1/s1. The summed E-state index contributed by atoms with van der Waals surface area (Å²) in [5.74, 6) is 2.33. The minimum absolute atomic E-state index is 0.136. The maximum Gasteiger partial charge on any atom is 0.155 e. The van der Waals surface area contributed by atoms with Crippen molar-refractivity contribution in [3.05, 3.63) is 22.8 Å². The molecule has 150 valence electrons. The average molecular weight is 393 g/mol. The number of halogens is 1. The van der Waals surface area contributed by atoms with Crippen LogP contribution in [0.5, 0.6) is 0 Å². The maximum atomic E-state index is 12.1. The van der Waals surface area contributed by atoms with Crippen molar-refractivity contribution in [3.8, 4) is 0 Å². The molecule has 0 bridgehead atoms. The van der Waals surface area contributed by atoms with Crippen LogP contribution in [0.1, 0.15) is 59.3 Å². The molecule has 4 rings (SSSR count). The molecule has 0 heterocycles. The highest BCUT2D eigenvalue weighted by atomic mass is 35.5. The van der Waals surface area contributed by atoms with Crippen molar-refractivity contribution in [1.29, 1.82) is 0 Å². The van der Waals surface area contributed by atoms with E-state index in [9.17, 15) is 9.90 Å². The highest BCUT2D eigenvalue weighted by Gasteiger charge is 2.64. The van der Waals surface area contributed by atoms with Gasteiger partial charge in [-0.3, -0.25) is 4.79 Å². The first-order chi connectivity index (χ1) is 12.7. The molecule has 0 radical (unpaired) electrons. The number of allylic oxidation sites excluding steroid dienone is 3. The molecule has 0 aromatic rings. The Labute approximate surface area is 168 Å². The van der Waals surface area contributed by atoms with Crippen LogP contribution in [0.25, 0.3) is 0 Å². The lowest BCUT2D eigenvalue weighted by Gasteiger charge is -2.64. The normalized spacial score (nSPS) is 49.5. The monoisotopic (exact) mass is 392 g/mol. The van der Waals surface area contributed by atoms with Crippen molar-refractivity contribution in [2.75, 3.05) is 13.7 Å². The Hall–Kier alpha value is -0.640. The lowest BCUT2D eigenvalue weighted by molar-refractivity contribution is -0.178. The van der Waals surface area contributed by atoms with Gasteiger partial charge in [-0.25, -0.2) is 0 Å². The van der Waals surface area contributed by atoms with Crippen molar-refractivity contribution in [3.63, 3.8) is 0 Å². The summed E-state index contributed by atoms with van der Waals surface area (Å²) < 4.78 is 5.43. The molecule has 7 atom stereocenters. The summed E-state index contributed by atoms with van der Waals surface area (Å²) >= 11 is 6.56. The number of hydrogen-bond acceptors (Lipinski definition) is 3. The third-order valence-corrected chi connectivity index (χ3v) is 9.41. The Morgan fingerprint density at radius 3 is 2.74 bits per heavy atom. The van der Waals surface area contributed by atoms with E-state index in [0.29, 0.717) is 40.9 Å². The summed E-state index contributed by atoms with van der Waals surface area (Å²) in [6.45, 7) is 7.22. The molecule has 27 heavy (non-hydrogen) atoms. The Bertz CT molecular complexity index is 712. The van der Waals surface area contributed by atoms with Crippen molar-refractivity contribution < 1.29 is 14.6 Å². The highest BCUT2D eigenvalue weighted by molar-refractivity contribution is 6.30. The molecule has 4 aliphatic carbocycles. The minimum atomic E-state index is -1.10. The van der Waals surface area contributed by atoms with Crippen LogP contribution >= 0.6 is 11.6 Å². The number of carbonyl (C=O) groups excluding carboxylic acids is 1. The molecule has 1 N–H and O–H groups in total. The van der Waals surface area contributed by atoms with Gasteiger partial charge in [0, 0.05) is 24.0 Å². The lowest BCUT2D eigenvalue weighted by Crippen LogP contribution is -2.63. The van der Waals surface area contributed by atoms with E-state index in [-0.39, 0.29) is 17.4 Å². The fraction of sp³-hybridized carbons (Fsp3) is 0.783. The predicted octanol–water partition coefficient (Wildman–Crippen LogP) is 4.87. The summed E-state index contributed by atoms with van der Waals surface area (Å²) in [6, 6.07) is 0. The van der Waals surface area contributed by atoms with Gasteiger partial charge in [-0.2, -0.15) is 0 Å².